The average Bonchev–Trinajstić information content (AvgIpc) is 2.69. The molecule has 0 saturated heterocycles. The van der Waals surface area contributed by atoms with E-state index in [9.17, 15) is 27.6 Å². The molecule has 2 aromatic heterocycles. The number of carbonyl (C=O) groups excluding carboxylic acids is 2. The Labute approximate surface area is 170 Å². The first-order chi connectivity index (χ1) is 13.3. The first kappa shape index (κ1) is 30.7. The molecule has 0 spiro atoms. The highest BCUT2D eigenvalue weighted by molar-refractivity contribution is 6.29. The number of rotatable bonds is 4. The van der Waals surface area contributed by atoms with Crippen molar-refractivity contribution in [2.75, 3.05) is 19.9 Å². The van der Waals surface area contributed by atoms with Crippen LogP contribution in [0.1, 0.15) is 21.3 Å². The van der Waals surface area contributed by atoms with Gasteiger partial charge < -0.3 is 14.5 Å². The van der Waals surface area contributed by atoms with Gasteiger partial charge in [0, 0.05) is 0 Å². The van der Waals surface area contributed by atoms with Gasteiger partial charge in [-0.3, -0.25) is 9.59 Å². The van der Waals surface area contributed by atoms with E-state index < -0.39 is 29.8 Å². The summed E-state index contributed by atoms with van der Waals surface area (Å²) in [6, 6.07) is 0. The van der Waals surface area contributed by atoms with Crippen molar-refractivity contribution < 1.29 is 32.2 Å². The van der Waals surface area contributed by atoms with Crippen LogP contribution in [-0.4, -0.2) is 52.3 Å². The average molecular weight is 443 g/mol. The van der Waals surface area contributed by atoms with Gasteiger partial charge in [-0.05, 0) is 13.8 Å². The van der Waals surface area contributed by atoms with E-state index in [1.54, 1.807) is 13.8 Å². The fourth-order valence-corrected chi connectivity index (χ4v) is 0.984. The minimum atomic E-state index is -1.02. The van der Waals surface area contributed by atoms with Gasteiger partial charge in [-0.1, -0.05) is 19.0 Å². The summed E-state index contributed by atoms with van der Waals surface area (Å²) in [7, 11) is 0. The number of nitrogens with one attached hydrogen (secondary N) is 1. The Morgan fingerprint density at radius 2 is 1.83 bits per heavy atom. The number of alkyl halides is 1. The maximum atomic E-state index is 12.1. The summed E-state index contributed by atoms with van der Waals surface area (Å²) in [6.07, 6.45) is 4.19. The molecular weight excluding hydrogens is 421 g/mol. The topological polar surface area (TPSA) is 124 Å². The van der Waals surface area contributed by atoms with Crippen LogP contribution in [0, 0.1) is 11.6 Å². The molecule has 0 saturated carbocycles. The summed E-state index contributed by atoms with van der Waals surface area (Å²) in [5.41, 5.74) is -0.736. The molecule has 2 heterocycles. The molecule has 0 bridgehead atoms. The van der Waals surface area contributed by atoms with Crippen molar-refractivity contribution in [1.82, 2.24) is 19.9 Å². The first-order valence-corrected chi connectivity index (χ1v) is 7.77. The maximum Gasteiger partial charge on any atom is 0.337 e. The fourth-order valence-electron chi connectivity index (χ4n) is 0.892. The lowest BCUT2D eigenvalue weighted by molar-refractivity contribution is -0.144. The number of halogens is 4. The molecule has 0 aliphatic rings. The predicted octanol–water partition coefficient (Wildman–Crippen LogP) is 2.51. The van der Waals surface area contributed by atoms with Crippen molar-refractivity contribution in [3.8, 4) is 0 Å². The second kappa shape index (κ2) is 21.3. The van der Waals surface area contributed by atoms with Crippen molar-refractivity contribution in [1.29, 1.82) is 0 Å². The SMILES string of the molecule is C.CCOC(=O)CF.CCOC=O.Fc1cncnc1Cl.O=c1[nH]cncc1F. The Bertz CT molecular complexity index is 716. The molecule has 9 nitrogen and oxygen atoms in total. The van der Waals surface area contributed by atoms with Gasteiger partial charge in [-0.2, -0.15) is 4.39 Å². The Kier molecular flexibility index (Phi) is 22.5. The molecule has 0 aliphatic carbocycles. The second-order valence-electron chi connectivity index (χ2n) is 3.88. The van der Waals surface area contributed by atoms with Crippen molar-refractivity contribution in [2.24, 2.45) is 0 Å². The molecule has 29 heavy (non-hydrogen) atoms. The van der Waals surface area contributed by atoms with Crippen LogP contribution in [0.5, 0.6) is 0 Å². The number of hydrogen-bond donors (Lipinski definition) is 1. The Balaban J connectivity index is -0.000000312. The number of H-pyrrole nitrogens is 1. The number of aromatic nitrogens is 4. The van der Waals surface area contributed by atoms with Gasteiger partial charge in [-0.25, -0.2) is 28.5 Å². The molecule has 0 atom stereocenters. The molecule has 164 valence electrons. The van der Waals surface area contributed by atoms with Crippen LogP contribution in [0.3, 0.4) is 0 Å². The maximum absolute atomic E-state index is 12.1. The van der Waals surface area contributed by atoms with E-state index >= 15 is 0 Å². The van der Waals surface area contributed by atoms with Crippen LogP contribution >= 0.6 is 11.6 Å². The van der Waals surface area contributed by atoms with Gasteiger partial charge in [0.05, 0.1) is 31.9 Å². The third kappa shape index (κ3) is 19.5. The lowest BCUT2D eigenvalue weighted by atomic mass is 10.6. The Morgan fingerprint density at radius 1 is 1.21 bits per heavy atom. The van der Waals surface area contributed by atoms with Gasteiger partial charge in [0.15, 0.2) is 17.6 Å². The monoisotopic (exact) mass is 442 g/mol. The summed E-state index contributed by atoms with van der Waals surface area (Å²) in [5, 5.41) is -0.139. The largest absolute Gasteiger partial charge is 0.468 e. The number of carbonyl (C=O) groups is 2. The second-order valence-corrected chi connectivity index (χ2v) is 4.24. The highest BCUT2D eigenvalue weighted by Crippen LogP contribution is 2.05. The fraction of sp³-hybridized carbons (Fsp3) is 0.375. The minimum absolute atomic E-state index is 0. The summed E-state index contributed by atoms with van der Waals surface area (Å²) in [6.45, 7) is 3.53. The number of esters is 1. The number of aromatic amines is 1. The molecule has 0 fully saturated rings. The predicted molar refractivity (Wildman–Crippen MR) is 98.8 cm³/mol. The zero-order chi connectivity index (χ0) is 21.8. The van der Waals surface area contributed by atoms with Gasteiger partial charge >= 0.3 is 5.97 Å². The van der Waals surface area contributed by atoms with Crippen LogP contribution in [-0.2, 0) is 19.1 Å². The third-order valence-corrected chi connectivity index (χ3v) is 2.22. The third-order valence-electron chi connectivity index (χ3n) is 1.95. The molecule has 0 unspecified atom stereocenters. The molecule has 0 amide bonds. The van der Waals surface area contributed by atoms with Crippen molar-refractivity contribution in [3.05, 3.63) is 52.2 Å². The highest BCUT2D eigenvalue weighted by atomic mass is 35.5. The summed E-state index contributed by atoms with van der Waals surface area (Å²) >= 11 is 5.18. The van der Waals surface area contributed by atoms with Gasteiger partial charge in [-0.15, -0.1) is 0 Å². The van der Waals surface area contributed by atoms with Crippen LogP contribution in [0.2, 0.25) is 5.15 Å². The lowest BCUT2D eigenvalue weighted by Crippen LogP contribution is -2.08. The van der Waals surface area contributed by atoms with Crippen LogP contribution in [0.25, 0.3) is 0 Å². The Hall–Kier alpha value is -3.02. The molecule has 1 N–H and O–H groups in total. The number of nitrogens with zero attached hydrogens (tertiary/aromatic N) is 3. The van der Waals surface area contributed by atoms with Crippen LogP contribution in [0.15, 0.2) is 29.8 Å². The Morgan fingerprint density at radius 3 is 2.07 bits per heavy atom. The minimum Gasteiger partial charge on any atom is -0.468 e. The number of ether oxygens (including phenoxy) is 2. The first-order valence-electron chi connectivity index (χ1n) is 7.39. The van der Waals surface area contributed by atoms with Gasteiger partial charge in [0.2, 0.25) is 5.82 Å². The van der Waals surface area contributed by atoms with E-state index in [-0.39, 0.29) is 19.2 Å². The van der Waals surface area contributed by atoms with E-state index in [4.69, 9.17) is 11.6 Å². The molecule has 2 aromatic rings. The zero-order valence-corrected chi connectivity index (χ0v) is 15.7. The molecule has 0 radical (unpaired) electrons. The zero-order valence-electron chi connectivity index (χ0n) is 14.9. The molecule has 13 heteroatoms. The molecule has 0 aliphatic heterocycles. The van der Waals surface area contributed by atoms with E-state index in [1.165, 1.54) is 6.33 Å². The quantitative estimate of drug-likeness (QED) is 0.435. The van der Waals surface area contributed by atoms with Crippen molar-refractivity contribution in [3.63, 3.8) is 0 Å². The van der Waals surface area contributed by atoms with Crippen LogP contribution < -0.4 is 5.56 Å². The smallest absolute Gasteiger partial charge is 0.337 e. The van der Waals surface area contributed by atoms with Gasteiger partial charge in [0.1, 0.15) is 6.33 Å². The number of hydrogen-bond acceptors (Lipinski definition) is 8. The molecular formula is C16H22ClF3N4O5. The summed E-state index contributed by atoms with van der Waals surface area (Å²) in [4.78, 5) is 41.3. The van der Waals surface area contributed by atoms with E-state index in [1.807, 2.05) is 0 Å². The normalized spacial score (nSPS) is 8.21. The summed E-state index contributed by atoms with van der Waals surface area (Å²) in [5.74, 6) is -2.23. The van der Waals surface area contributed by atoms with Crippen molar-refractivity contribution in [2.45, 2.75) is 21.3 Å². The summed E-state index contributed by atoms with van der Waals surface area (Å²) < 4.78 is 43.4. The standard InChI is InChI=1S/C4H2ClFN2.C4H3FN2O.C4H7FO2.C3H6O2.CH4/c5-4-3(6)1-7-2-8-4;5-3-1-6-2-7-4(3)8;1-2-7-4(6)3-5;1-2-5-3-4;/h1-2H;1-2H,(H,6,7,8);2-3H2,1H3;3H,2H2,1H3;1H4. The van der Waals surface area contributed by atoms with Gasteiger partial charge in [0.25, 0.3) is 12.0 Å². The highest BCUT2D eigenvalue weighted by Gasteiger charge is 1.95. The van der Waals surface area contributed by atoms with Crippen molar-refractivity contribution >= 4 is 24.0 Å². The van der Waals surface area contributed by atoms with E-state index in [2.05, 4.69) is 29.4 Å². The van der Waals surface area contributed by atoms with E-state index in [0.29, 0.717) is 13.1 Å². The molecule has 2 rings (SSSR count). The van der Waals surface area contributed by atoms with Crippen LogP contribution in [0.4, 0.5) is 13.2 Å². The van der Waals surface area contributed by atoms with E-state index in [0.717, 1.165) is 18.7 Å². The lowest BCUT2D eigenvalue weighted by Gasteiger charge is -1.92. The molecule has 0 aromatic carbocycles.